The van der Waals surface area contributed by atoms with Gasteiger partial charge >= 0.3 is 0 Å². The Kier molecular flexibility index (Phi) is 6.44. The Balaban J connectivity index is 0.00000220. The fourth-order valence-corrected chi connectivity index (χ4v) is 2.21. The number of anilines is 1. The number of hydrogen-bond donors (Lipinski definition) is 2. The molecule has 0 bridgehead atoms. The number of benzene rings is 1. The van der Waals surface area contributed by atoms with Crippen molar-refractivity contribution in [3.8, 4) is 5.75 Å². The Labute approximate surface area is 137 Å². The summed E-state index contributed by atoms with van der Waals surface area (Å²) in [5, 5.41) is 2.73. The molecule has 116 valence electrons. The maximum atomic E-state index is 11.9. The van der Waals surface area contributed by atoms with Crippen LogP contribution in [0, 0.1) is 0 Å². The van der Waals surface area contributed by atoms with E-state index in [4.69, 9.17) is 10.5 Å². The number of carbonyl (C=O) groups is 2. The van der Waals surface area contributed by atoms with Crippen molar-refractivity contribution in [3.05, 3.63) is 22.7 Å². The van der Waals surface area contributed by atoms with Crippen molar-refractivity contribution in [1.29, 1.82) is 0 Å². The number of nitrogens with zero attached hydrogens (tertiary/aromatic N) is 1. The molecule has 0 saturated heterocycles. The smallest absolute Gasteiger partial charge is 0.265 e. The van der Waals surface area contributed by atoms with Crippen LogP contribution in [0.3, 0.4) is 0 Å². The fourth-order valence-electron chi connectivity index (χ4n) is 1.87. The molecule has 0 unspecified atom stereocenters. The first-order chi connectivity index (χ1) is 9.51. The second-order valence-corrected chi connectivity index (χ2v) is 5.50. The largest absolute Gasteiger partial charge is 0.482 e. The SMILES string of the molecule is C[C@@H](CN)NC(=O)CN1C(=O)COc2cc(Br)ccc21.Cl. The van der Waals surface area contributed by atoms with Crippen LogP contribution in [0.15, 0.2) is 22.7 Å². The first kappa shape index (κ1) is 17.7. The van der Waals surface area contributed by atoms with Crippen LogP contribution in [-0.4, -0.2) is 37.6 Å². The Morgan fingerprint density at radius 2 is 2.29 bits per heavy atom. The molecule has 0 radical (unpaired) electrons. The molecule has 0 spiro atoms. The summed E-state index contributed by atoms with van der Waals surface area (Å²) in [6, 6.07) is 5.20. The van der Waals surface area contributed by atoms with Gasteiger partial charge in [0.15, 0.2) is 6.61 Å². The molecule has 1 atom stereocenters. The maximum Gasteiger partial charge on any atom is 0.265 e. The van der Waals surface area contributed by atoms with Crippen LogP contribution in [0.1, 0.15) is 6.92 Å². The zero-order valence-corrected chi connectivity index (χ0v) is 13.9. The van der Waals surface area contributed by atoms with Crippen molar-refractivity contribution < 1.29 is 14.3 Å². The summed E-state index contributed by atoms with van der Waals surface area (Å²) in [4.78, 5) is 25.2. The van der Waals surface area contributed by atoms with E-state index in [1.165, 1.54) is 4.90 Å². The average molecular weight is 379 g/mol. The van der Waals surface area contributed by atoms with E-state index in [1.54, 1.807) is 18.2 Å². The summed E-state index contributed by atoms with van der Waals surface area (Å²) >= 11 is 3.34. The van der Waals surface area contributed by atoms with Gasteiger partial charge in [-0.05, 0) is 25.1 Å². The van der Waals surface area contributed by atoms with Gasteiger partial charge < -0.3 is 15.8 Å². The van der Waals surface area contributed by atoms with E-state index in [2.05, 4.69) is 21.2 Å². The highest BCUT2D eigenvalue weighted by molar-refractivity contribution is 9.10. The third-order valence-electron chi connectivity index (χ3n) is 2.93. The molecule has 1 aliphatic rings. The van der Waals surface area contributed by atoms with E-state index in [0.717, 1.165) is 4.47 Å². The number of ether oxygens (including phenoxy) is 1. The molecule has 2 amide bonds. The molecule has 1 heterocycles. The van der Waals surface area contributed by atoms with Crippen molar-refractivity contribution in [2.24, 2.45) is 5.73 Å². The highest BCUT2D eigenvalue weighted by atomic mass is 79.9. The van der Waals surface area contributed by atoms with Gasteiger partial charge in [-0.2, -0.15) is 0 Å². The van der Waals surface area contributed by atoms with Gasteiger partial charge in [-0.3, -0.25) is 14.5 Å². The molecule has 2 rings (SSSR count). The number of halogens is 2. The zero-order valence-electron chi connectivity index (χ0n) is 11.5. The molecule has 1 aromatic rings. The summed E-state index contributed by atoms with van der Waals surface area (Å²) in [6.45, 7) is 2.06. The lowest BCUT2D eigenvalue weighted by Gasteiger charge is -2.29. The van der Waals surface area contributed by atoms with Gasteiger partial charge in [0.2, 0.25) is 5.91 Å². The third kappa shape index (κ3) is 4.33. The maximum absolute atomic E-state index is 11.9. The van der Waals surface area contributed by atoms with Crippen LogP contribution in [0.5, 0.6) is 5.75 Å². The number of nitrogens with two attached hydrogens (primary N) is 1. The Morgan fingerprint density at radius 3 is 2.95 bits per heavy atom. The Bertz CT molecular complexity index is 541. The second-order valence-electron chi connectivity index (χ2n) is 4.58. The minimum atomic E-state index is -0.243. The number of nitrogens with one attached hydrogen (secondary N) is 1. The van der Waals surface area contributed by atoms with Crippen LogP contribution in [0.4, 0.5) is 5.69 Å². The molecule has 0 aliphatic carbocycles. The van der Waals surface area contributed by atoms with Gasteiger partial charge in [-0.25, -0.2) is 0 Å². The number of carbonyl (C=O) groups excluding carboxylic acids is 2. The summed E-state index contributed by atoms with van der Waals surface area (Å²) in [5.74, 6) is 0.0982. The third-order valence-corrected chi connectivity index (χ3v) is 3.42. The van der Waals surface area contributed by atoms with Crippen molar-refractivity contribution in [2.45, 2.75) is 13.0 Å². The molecule has 6 nitrogen and oxygen atoms in total. The molecule has 1 aromatic carbocycles. The minimum absolute atomic E-state index is 0. The van der Waals surface area contributed by atoms with Gasteiger partial charge in [0.05, 0.1) is 5.69 Å². The van der Waals surface area contributed by atoms with E-state index in [-0.39, 0.29) is 43.4 Å². The summed E-state index contributed by atoms with van der Waals surface area (Å²) in [6.07, 6.45) is 0. The molecule has 21 heavy (non-hydrogen) atoms. The summed E-state index contributed by atoms with van der Waals surface area (Å²) < 4.78 is 6.21. The normalized spacial score (nSPS) is 14.6. The lowest BCUT2D eigenvalue weighted by Crippen LogP contribution is -2.48. The topological polar surface area (TPSA) is 84.7 Å². The van der Waals surface area contributed by atoms with Crippen LogP contribution >= 0.6 is 28.3 Å². The van der Waals surface area contributed by atoms with Crippen molar-refractivity contribution in [2.75, 3.05) is 24.6 Å². The number of fused-ring (bicyclic) bond motifs is 1. The van der Waals surface area contributed by atoms with E-state index in [0.29, 0.717) is 18.0 Å². The molecule has 0 fully saturated rings. The molecule has 1 aliphatic heterocycles. The van der Waals surface area contributed by atoms with Crippen LogP contribution in [0.2, 0.25) is 0 Å². The lowest BCUT2D eigenvalue weighted by atomic mass is 10.2. The second kappa shape index (κ2) is 7.63. The summed E-state index contributed by atoms with van der Waals surface area (Å²) in [5.41, 5.74) is 6.05. The lowest BCUT2D eigenvalue weighted by molar-refractivity contribution is -0.125. The van der Waals surface area contributed by atoms with Gasteiger partial charge in [0, 0.05) is 17.1 Å². The number of amides is 2. The van der Waals surface area contributed by atoms with Crippen LogP contribution in [-0.2, 0) is 9.59 Å². The standard InChI is InChI=1S/C13H16BrN3O3.ClH/c1-8(5-15)16-12(18)6-17-10-3-2-9(14)4-11(10)20-7-13(17)19;/h2-4,8H,5-7,15H2,1H3,(H,16,18);1H/t8-;/m0./s1. The van der Waals surface area contributed by atoms with Crippen molar-refractivity contribution in [1.82, 2.24) is 5.32 Å². The molecular formula is C13H17BrClN3O3. The van der Waals surface area contributed by atoms with Crippen LogP contribution in [0.25, 0.3) is 0 Å². The van der Waals surface area contributed by atoms with Gasteiger partial charge in [0.1, 0.15) is 12.3 Å². The first-order valence-corrected chi connectivity index (χ1v) is 7.02. The van der Waals surface area contributed by atoms with Crippen LogP contribution < -0.4 is 20.7 Å². The zero-order chi connectivity index (χ0) is 14.7. The van der Waals surface area contributed by atoms with Crippen molar-refractivity contribution in [3.63, 3.8) is 0 Å². The monoisotopic (exact) mass is 377 g/mol. The fraction of sp³-hybridized carbons (Fsp3) is 0.385. The van der Waals surface area contributed by atoms with Gasteiger partial charge in [0.25, 0.3) is 5.91 Å². The summed E-state index contributed by atoms with van der Waals surface area (Å²) in [7, 11) is 0. The molecule has 3 N–H and O–H groups in total. The average Bonchev–Trinajstić information content (AvgIpc) is 2.41. The highest BCUT2D eigenvalue weighted by Crippen LogP contribution is 2.34. The first-order valence-electron chi connectivity index (χ1n) is 6.23. The molecular weight excluding hydrogens is 362 g/mol. The predicted molar refractivity (Wildman–Crippen MR) is 85.9 cm³/mol. The van der Waals surface area contributed by atoms with E-state index >= 15 is 0 Å². The minimum Gasteiger partial charge on any atom is -0.482 e. The molecule has 8 heteroatoms. The van der Waals surface area contributed by atoms with Crippen molar-refractivity contribution >= 4 is 45.8 Å². The van der Waals surface area contributed by atoms with E-state index < -0.39 is 0 Å². The van der Waals surface area contributed by atoms with E-state index in [9.17, 15) is 9.59 Å². The number of rotatable bonds is 4. The van der Waals surface area contributed by atoms with Gasteiger partial charge in [-0.15, -0.1) is 12.4 Å². The predicted octanol–water partition coefficient (Wildman–Crippen LogP) is 1.06. The van der Waals surface area contributed by atoms with Gasteiger partial charge in [-0.1, -0.05) is 15.9 Å². The molecule has 0 aromatic heterocycles. The number of hydrogen-bond acceptors (Lipinski definition) is 4. The highest BCUT2D eigenvalue weighted by Gasteiger charge is 2.27. The van der Waals surface area contributed by atoms with E-state index in [1.807, 2.05) is 6.92 Å². The Hall–Kier alpha value is -1.31. The molecule has 0 saturated carbocycles. The quantitative estimate of drug-likeness (QED) is 0.820. The Morgan fingerprint density at radius 1 is 1.57 bits per heavy atom.